The predicted molar refractivity (Wildman–Crippen MR) is 74.2 cm³/mol. The standard InChI is InChI=1S/C11H9BrN4O4/c1-15-5-9(16(19)20)10(14-15)13-6-2-3-8(12)7(4-6)11(17)18/h2-5H,1H3,(H,13,14)(H,17,18). The third-order valence-corrected chi connectivity index (χ3v) is 3.16. The average Bonchev–Trinajstić information content (AvgIpc) is 2.72. The second-order valence-corrected chi connectivity index (χ2v) is 4.77. The van der Waals surface area contributed by atoms with E-state index in [2.05, 4.69) is 26.3 Å². The maximum atomic E-state index is 11.0. The summed E-state index contributed by atoms with van der Waals surface area (Å²) in [6, 6.07) is 4.50. The molecule has 0 spiro atoms. The molecule has 2 rings (SSSR count). The Labute approximate surface area is 121 Å². The number of nitrogens with zero attached hydrogens (tertiary/aromatic N) is 3. The summed E-state index contributed by atoms with van der Waals surface area (Å²) in [5, 5.41) is 26.6. The van der Waals surface area contributed by atoms with Crippen molar-refractivity contribution in [2.45, 2.75) is 0 Å². The molecule has 2 aromatic rings. The molecule has 0 radical (unpaired) electrons. The van der Waals surface area contributed by atoms with Crippen LogP contribution in [0.15, 0.2) is 28.9 Å². The van der Waals surface area contributed by atoms with Gasteiger partial charge in [-0.05, 0) is 34.1 Å². The van der Waals surface area contributed by atoms with Gasteiger partial charge in [0.1, 0.15) is 6.20 Å². The first-order valence-electron chi connectivity index (χ1n) is 5.36. The first-order valence-corrected chi connectivity index (χ1v) is 6.15. The molecule has 0 unspecified atom stereocenters. The van der Waals surface area contributed by atoms with E-state index < -0.39 is 10.9 Å². The summed E-state index contributed by atoms with van der Waals surface area (Å²) in [4.78, 5) is 21.3. The molecule has 0 atom stereocenters. The number of nitro groups is 1. The van der Waals surface area contributed by atoms with Crippen LogP contribution in [0.25, 0.3) is 0 Å². The molecule has 0 aliphatic heterocycles. The van der Waals surface area contributed by atoms with Crippen molar-refractivity contribution in [2.75, 3.05) is 5.32 Å². The zero-order chi connectivity index (χ0) is 14.9. The number of benzene rings is 1. The Morgan fingerprint density at radius 2 is 2.25 bits per heavy atom. The van der Waals surface area contributed by atoms with Crippen LogP contribution < -0.4 is 5.32 Å². The topological polar surface area (TPSA) is 110 Å². The van der Waals surface area contributed by atoms with Crippen LogP contribution in [-0.2, 0) is 7.05 Å². The van der Waals surface area contributed by atoms with Crippen LogP contribution in [0.3, 0.4) is 0 Å². The van der Waals surface area contributed by atoms with Crippen molar-refractivity contribution in [1.82, 2.24) is 9.78 Å². The summed E-state index contributed by atoms with van der Waals surface area (Å²) in [6.45, 7) is 0. The van der Waals surface area contributed by atoms with Gasteiger partial charge in [-0.25, -0.2) is 4.79 Å². The number of carboxylic acids is 1. The molecule has 1 aromatic heterocycles. The molecule has 0 bridgehead atoms. The number of hydrogen-bond acceptors (Lipinski definition) is 5. The fraction of sp³-hybridized carbons (Fsp3) is 0.0909. The summed E-state index contributed by atoms with van der Waals surface area (Å²) < 4.78 is 1.73. The van der Waals surface area contributed by atoms with Gasteiger partial charge in [-0.1, -0.05) is 0 Å². The van der Waals surface area contributed by atoms with Crippen molar-refractivity contribution in [1.29, 1.82) is 0 Å². The third-order valence-electron chi connectivity index (χ3n) is 2.47. The van der Waals surface area contributed by atoms with Crippen LogP contribution in [0.5, 0.6) is 0 Å². The van der Waals surface area contributed by atoms with Crippen LogP contribution in [-0.4, -0.2) is 25.8 Å². The Kier molecular flexibility index (Phi) is 3.70. The second kappa shape index (κ2) is 5.29. The highest BCUT2D eigenvalue weighted by Gasteiger charge is 2.19. The summed E-state index contributed by atoms with van der Waals surface area (Å²) >= 11 is 3.12. The van der Waals surface area contributed by atoms with Crippen molar-refractivity contribution in [3.8, 4) is 0 Å². The Hall–Kier alpha value is -2.42. The number of aryl methyl sites for hydroxylation is 1. The van der Waals surface area contributed by atoms with Gasteiger partial charge in [0.15, 0.2) is 0 Å². The van der Waals surface area contributed by atoms with E-state index in [0.29, 0.717) is 10.2 Å². The number of rotatable bonds is 4. The minimum absolute atomic E-state index is 0.0496. The second-order valence-electron chi connectivity index (χ2n) is 3.92. The zero-order valence-electron chi connectivity index (χ0n) is 10.2. The Morgan fingerprint density at radius 3 is 2.85 bits per heavy atom. The molecule has 0 saturated carbocycles. The van der Waals surface area contributed by atoms with Crippen molar-refractivity contribution >= 4 is 39.1 Å². The Bertz CT molecular complexity index is 698. The highest BCUT2D eigenvalue weighted by Crippen LogP contribution is 2.27. The van der Waals surface area contributed by atoms with E-state index in [1.807, 2.05) is 0 Å². The Balaban J connectivity index is 2.38. The van der Waals surface area contributed by atoms with Gasteiger partial charge in [-0.2, -0.15) is 0 Å². The number of nitrogens with one attached hydrogen (secondary N) is 1. The first kappa shape index (κ1) is 14.0. The lowest BCUT2D eigenvalue weighted by molar-refractivity contribution is -0.384. The molecule has 104 valence electrons. The van der Waals surface area contributed by atoms with E-state index >= 15 is 0 Å². The normalized spacial score (nSPS) is 10.3. The third kappa shape index (κ3) is 2.77. The molecule has 0 aliphatic carbocycles. The minimum atomic E-state index is -1.10. The minimum Gasteiger partial charge on any atom is -0.478 e. The predicted octanol–water partition coefficient (Wildman–Crippen LogP) is 2.53. The molecule has 2 N–H and O–H groups in total. The molecular formula is C11H9BrN4O4. The number of anilines is 2. The number of hydrogen-bond donors (Lipinski definition) is 2. The molecule has 0 fully saturated rings. The van der Waals surface area contributed by atoms with Gasteiger partial charge < -0.3 is 10.4 Å². The van der Waals surface area contributed by atoms with Gasteiger partial charge in [-0.3, -0.25) is 14.8 Å². The number of aromatic carboxylic acids is 1. The lowest BCUT2D eigenvalue weighted by atomic mass is 10.2. The SMILES string of the molecule is Cn1cc([N+](=O)[O-])c(Nc2ccc(Br)c(C(=O)O)c2)n1. The van der Waals surface area contributed by atoms with Gasteiger partial charge in [0.25, 0.3) is 0 Å². The molecule has 0 aliphatic rings. The van der Waals surface area contributed by atoms with Crippen molar-refractivity contribution in [2.24, 2.45) is 7.05 Å². The summed E-state index contributed by atoms with van der Waals surface area (Å²) in [6.07, 6.45) is 1.26. The van der Waals surface area contributed by atoms with Crippen LogP contribution >= 0.6 is 15.9 Å². The highest BCUT2D eigenvalue weighted by molar-refractivity contribution is 9.10. The van der Waals surface area contributed by atoms with Gasteiger partial charge in [-0.15, -0.1) is 5.10 Å². The van der Waals surface area contributed by atoms with Gasteiger partial charge >= 0.3 is 11.7 Å². The van der Waals surface area contributed by atoms with Gasteiger partial charge in [0.05, 0.1) is 10.5 Å². The largest absolute Gasteiger partial charge is 0.478 e. The number of halogens is 1. The van der Waals surface area contributed by atoms with E-state index in [9.17, 15) is 14.9 Å². The maximum absolute atomic E-state index is 11.0. The lowest BCUT2D eigenvalue weighted by Crippen LogP contribution is -2.01. The molecule has 8 nitrogen and oxygen atoms in total. The number of carboxylic acid groups (broad SMARTS) is 1. The highest BCUT2D eigenvalue weighted by atomic mass is 79.9. The van der Waals surface area contributed by atoms with E-state index in [1.54, 1.807) is 19.2 Å². The number of aromatic nitrogens is 2. The molecule has 1 heterocycles. The maximum Gasteiger partial charge on any atom is 0.336 e. The van der Waals surface area contributed by atoms with E-state index in [1.165, 1.54) is 16.9 Å². The van der Waals surface area contributed by atoms with E-state index in [-0.39, 0.29) is 17.1 Å². The van der Waals surface area contributed by atoms with Crippen LogP contribution in [0.1, 0.15) is 10.4 Å². The molecule has 0 saturated heterocycles. The molecular weight excluding hydrogens is 332 g/mol. The number of carbonyl (C=O) groups is 1. The van der Waals surface area contributed by atoms with Gasteiger partial charge in [0, 0.05) is 17.2 Å². The van der Waals surface area contributed by atoms with Crippen LogP contribution in [0.4, 0.5) is 17.2 Å². The van der Waals surface area contributed by atoms with Crippen LogP contribution in [0.2, 0.25) is 0 Å². The zero-order valence-corrected chi connectivity index (χ0v) is 11.8. The fourth-order valence-corrected chi connectivity index (χ4v) is 2.02. The van der Waals surface area contributed by atoms with E-state index in [0.717, 1.165) is 0 Å². The van der Waals surface area contributed by atoms with Crippen molar-refractivity contribution in [3.05, 3.63) is 44.5 Å². The quantitative estimate of drug-likeness (QED) is 0.653. The Morgan fingerprint density at radius 1 is 1.55 bits per heavy atom. The monoisotopic (exact) mass is 340 g/mol. The first-order chi connectivity index (χ1) is 9.38. The van der Waals surface area contributed by atoms with E-state index in [4.69, 9.17) is 5.11 Å². The van der Waals surface area contributed by atoms with Crippen molar-refractivity contribution < 1.29 is 14.8 Å². The van der Waals surface area contributed by atoms with Crippen LogP contribution in [0, 0.1) is 10.1 Å². The summed E-state index contributed by atoms with van der Waals surface area (Å²) in [5.74, 6) is -1.05. The van der Waals surface area contributed by atoms with Crippen molar-refractivity contribution in [3.63, 3.8) is 0 Å². The lowest BCUT2D eigenvalue weighted by Gasteiger charge is -2.05. The molecule has 0 amide bonds. The summed E-state index contributed by atoms with van der Waals surface area (Å²) in [7, 11) is 1.56. The summed E-state index contributed by atoms with van der Waals surface area (Å²) in [5.41, 5.74) is 0.258. The smallest absolute Gasteiger partial charge is 0.336 e. The molecule has 1 aromatic carbocycles. The van der Waals surface area contributed by atoms with Gasteiger partial charge in [0.2, 0.25) is 5.82 Å². The molecule has 20 heavy (non-hydrogen) atoms. The molecule has 9 heteroatoms. The fourth-order valence-electron chi connectivity index (χ4n) is 1.60. The average molecular weight is 341 g/mol.